The molecule has 0 bridgehead atoms. The van der Waals surface area contributed by atoms with E-state index in [-0.39, 0.29) is 29.8 Å². The molecular weight excluding hydrogens is 322 g/mol. The van der Waals surface area contributed by atoms with Crippen LogP contribution in [0.1, 0.15) is 48.1 Å². The van der Waals surface area contributed by atoms with E-state index in [1.165, 1.54) is 17.8 Å². The van der Waals surface area contributed by atoms with Crippen LogP contribution >= 0.6 is 23.7 Å². The molecule has 1 aromatic rings. The fourth-order valence-electron chi connectivity index (χ4n) is 3.53. The fourth-order valence-corrected chi connectivity index (χ4v) is 4.32. The van der Waals surface area contributed by atoms with E-state index in [4.69, 9.17) is 10.5 Å². The van der Waals surface area contributed by atoms with E-state index in [0.29, 0.717) is 18.3 Å². The molecule has 0 aromatic carbocycles. The summed E-state index contributed by atoms with van der Waals surface area (Å²) >= 11 is 1.51. The molecule has 5 nitrogen and oxygen atoms in total. The third-order valence-corrected chi connectivity index (χ3v) is 5.79. The summed E-state index contributed by atoms with van der Waals surface area (Å²) in [6.45, 7) is 3.35. The number of nitrogens with one attached hydrogen (secondary N) is 1. The molecule has 2 unspecified atom stereocenters. The van der Waals surface area contributed by atoms with E-state index in [9.17, 15) is 4.79 Å². The summed E-state index contributed by atoms with van der Waals surface area (Å²) in [6, 6.07) is 0.245. The van der Waals surface area contributed by atoms with Crippen molar-refractivity contribution >= 4 is 29.7 Å². The maximum atomic E-state index is 12.3. The normalized spacial score (nSPS) is 25.0. The van der Waals surface area contributed by atoms with E-state index in [0.717, 1.165) is 37.3 Å². The van der Waals surface area contributed by atoms with Crippen LogP contribution in [0.2, 0.25) is 0 Å². The molecule has 0 aliphatic heterocycles. The van der Waals surface area contributed by atoms with Crippen LogP contribution < -0.4 is 11.1 Å². The molecule has 0 saturated heterocycles. The van der Waals surface area contributed by atoms with Crippen molar-refractivity contribution in [3.63, 3.8) is 0 Å². The Hall–Kier alpha value is -0.690. The average Bonchev–Trinajstić information content (AvgIpc) is 2.84. The van der Waals surface area contributed by atoms with Gasteiger partial charge in [-0.3, -0.25) is 4.79 Å². The average molecular weight is 346 g/mol. The molecule has 1 amide bonds. The number of rotatable bonds is 6. The van der Waals surface area contributed by atoms with Gasteiger partial charge >= 0.3 is 0 Å². The number of amides is 1. The van der Waals surface area contributed by atoms with Crippen LogP contribution in [0.3, 0.4) is 0 Å². The highest BCUT2D eigenvalue weighted by atomic mass is 35.5. The number of hydrogen-bond acceptors (Lipinski definition) is 5. The van der Waals surface area contributed by atoms with Gasteiger partial charge in [-0.1, -0.05) is 6.42 Å². The summed E-state index contributed by atoms with van der Waals surface area (Å²) in [5.41, 5.74) is 6.24. The summed E-state index contributed by atoms with van der Waals surface area (Å²) in [6.07, 6.45) is 5.56. The van der Waals surface area contributed by atoms with E-state index >= 15 is 0 Å². The lowest BCUT2D eigenvalue weighted by Crippen LogP contribution is -2.67. The Labute approximate surface area is 141 Å². The number of thiazole rings is 1. The van der Waals surface area contributed by atoms with Crippen LogP contribution in [0.4, 0.5) is 0 Å². The second-order valence-corrected chi connectivity index (χ2v) is 6.90. The third kappa shape index (κ3) is 3.02. The lowest BCUT2D eigenvalue weighted by molar-refractivity contribution is -0.169. The number of hydrogen-bond donors (Lipinski definition) is 2. The zero-order valence-corrected chi connectivity index (χ0v) is 14.5. The van der Waals surface area contributed by atoms with E-state index < -0.39 is 0 Å². The van der Waals surface area contributed by atoms with Gasteiger partial charge < -0.3 is 15.8 Å². The summed E-state index contributed by atoms with van der Waals surface area (Å²) in [7, 11) is 0. The van der Waals surface area contributed by atoms with Crippen molar-refractivity contribution in [3.8, 4) is 0 Å². The van der Waals surface area contributed by atoms with E-state index in [2.05, 4.69) is 10.3 Å². The van der Waals surface area contributed by atoms with Crippen molar-refractivity contribution in [2.45, 2.75) is 51.2 Å². The Bertz CT molecular complexity index is 519. The Morgan fingerprint density at radius 1 is 1.59 bits per heavy atom. The van der Waals surface area contributed by atoms with Gasteiger partial charge in [-0.25, -0.2) is 4.98 Å². The van der Waals surface area contributed by atoms with E-state index in [1.54, 1.807) is 0 Å². The quantitative estimate of drug-likeness (QED) is 0.828. The molecule has 2 aliphatic rings. The summed E-state index contributed by atoms with van der Waals surface area (Å²) in [5, 5.41) is 5.92. The largest absolute Gasteiger partial charge is 0.378 e. The molecule has 2 aliphatic carbocycles. The van der Waals surface area contributed by atoms with Crippen LogP contribution in [0, 0.1) is 5.41 Å². The number of carbonyl (C=O) groups is 1. The van der Waals surface area contributed by atoms with Gasteiger partial charge in [0.1, 0.15) is 5.69 Å². The predicted molar refractivity (Wildman–Crippen MR) is 89.7 cm³/mol. The Morgan fingerprint density at radius 2 is 2.36 bits per heavy atom. The Kier molecular flexibility index (Phi) is 5.82. The fraction of sp³-hybridized carbons (Fsp3) is 0.733. The summed E-state index contributed by atoms with van der Waals surface area (Å²) in [4.78, 5) is 16.7. The van der Waals surface area contributed by atoms with Gasteiger partial charge in [0.2, 0.25) is 0 Å². The first kappa shape index (κ1) is 17.7. The Morgan fingerprint density at radius 3 is 2.95 bits per heavy atom. The van der Waals surface area contributed by atoms with Gasteiger partial charge in [0.15, 0.2) is 0 Å². The molecule has 2 fully saturated rings. The van der Waals surface area contributed by atoms with Gasteiger partial charge in [0, 0.05) is 29.9 Å². The number of aromatic nitrogens is 1. The number of carbonyl (C=O) groups excluding carboxylic acids is 1. The molecule has 3 rings (SSSR count). The highest BCUT2D eigenvalue weighted by molar-refractivity contribution is 7.09. The van der Waals surface area contributed by atoms with Gasteiger partial charge in [0.05, 0.1) is 11.1 Å². The molecular formula is C15H24ClN3O2S. The minimum absolute atomic E-state index is 0. The second-order valence-electron chi connectivity index (χ2n) is 5.96. The monoisotopic (exact) mass is 345 g/mol. The first-order valence-electron chi connectivity index (χ1n) is 7.76. The molecule has 2 saturated carbocycles. The van der Waals surface area contributed by atoms with Crippen LogP contribution in [-0.2, 0) is 11.2 Å². The van der Waals surface area contributed by atoms with Gasteiger partial charge in [-0.2, -0.15) is 0 Å². The molecule has 7 heteroatoms. The maximum Gasteiger partial charge on any atom is 0.270 e. The molecule has 124 valence electrons. The second kappa shape index (κ2) is 7.25. The number of nitrogens with zero attached hydrogens (tertiary/aromatic N) is 1. The van der Waals surface area contributed by atoms with Crippen molar-refractivity contribution in [2.75, 3.05) is 13.2 Å². The van der Waals surface area contributed by atoms with Crippen molar-refractivity contribution in [1.82, 2.24) is 10.3 Å². The zero-order valence-electron chi connectivity index (χ0n) is 12.8. The lowest BCUT2D eigenvalue weighted by atomic mass is 9.51. The highest BCUT2D eigenvalue weighted by Gasteiger charge is 2.59. The molecule has 3 N–H and O–H groups in total. The van der Waals surface area contributed by atoms with Crippen LogP contribution in [0.5, 0.6) is 0 Å². The molecule has 2 atom stereocenters. The van der Waals surface area contributed by atoms with Crippen LogP contribution in [-0.4, -0.2) is 36.2 Å². The highest BCUT2D eigenvalue weighted by Crippen LogP contribution is 2.57. The zero-order chi connectivity index (χ0) is 14.9. The number of ether oxygens (including phenoxy) is 1. The SMILES string of the molecule is CCOC1CC(NC(=O)c2csc(CCN)n2)C12CCC2.Cl. The molecule has 1 aromatic heterocycles. The Balaban J connectivity index is 0.00000176. The lowest BCUT2D eigenvalue weighted by Gasteiger charge is -2.60. The number of nitrogens with two attached hydrogens (primary N) is 1. The summed E-state index contributed by atoms with van der Waals surface area (Å²) in [5.74, 6) is -0.0549. The van der Waals surface area contributed by atoms with Crippen molar-refractivity contribution in [2.24, 2.45) is 11.1 Å². The minimum atomic E-state index is -0.0549. The first-order valence-corrected chi connectivity index (χ1v) is 8.64. The van der Waals surface area contributed by atoms with E-state index in [1.807, 2.05) is 12.3 Å². The smallest absolute Gasteiger partial charge is 0.270 e. The molecule has 1 spiro atoms. The molecule has 1 heterocycles. The summed E-state index contributed by atoms with van der Waals surface area (Å²) < 4.78 is 5.81. The topological polar surface area (TPSA) is 77.2 Å². The van der Waals surface area contributed by atoms with Crippen molar-refractivity contribution < 1.29 is 9.53 Å². The first-order chi connectivity index (χ1) is 10.2. The van der Waals surface area contributed by atoms with Gasteiger partial charge in [-0.05, 0) is 32.7 Å². The predicted octanol–water partition coefficient (Wildman–Crippen LogP) is 2.14. The van der Waals surface area contributed by atoms with Crippen molar-refractivity contribution in [1.29, 1.82) is 0 Å². The minimum Gasteiger partial charge on any atom is -0.378 e. The standard InChI is InChI=1S/C15H23N3O2S.ClH/c1-2-20-12-8-11(15(12)5-3-6-15)18-14(19)10-9-21-13(17-10)4-7-16;/h9,11-12H,2-8,16H2,1H3,(H,18,19);1H. The molecule has 22 heavy (non-hydrogen) atoms. The van der Waals surface area contributed by atoms with Crippen molar-refractivity contribution in [3.05, 3.63) is 16.1 Å². The molecule has 0 radical (unpaired) electrons. The number of halogens is 1. The van der Waals surface area contributed by atoms with Crippen LogP contribution in [0.25, 0.3) is 0 Å². The maximum absolute atomic E-state index is 12.3. The van der Waals surface area contributed by atoms with Gasteiger partial charge in [-0.15, -0.1) is 23.7 Å². The van der Waals surface area contributed by atoms with Gasteiger partial charge in [0.25, 0.3) is 5.91 Å². The third-order valence-electron chi connectivity index (χ3n) is 4.89. The van der Waals surface area contributed by atoms with Crippen LogP contribution in [0.15, 0.2) is 5.38 Å².